The van der Waals surface area contributed by atoms with Crippen LogP contribution in [0.4, 0.5) is 0 Å². The molecule has 7 aromatic rings. The zero-order valence-corrected chi connectivity index (χ0v) is 36.4. The first-order valence-corrected chi connectivity index (χ1v) is 21.5. The molecule has 1 spiro atoms. The maximum Gasteiger partial charge on any atom is 0.164 e. The van der Waals surface area contributed by atoms with Gasteiger partial charge in [0.1, 0.15) is 0 Å². The zero-order chi connectivity index (χ0) is 41.3. The van der Waals surface area contributed by atoms with Crippen molar-refractivity contribution in [1.29, 1.82) is 0 Å². The Morgan fingerprint density at radius 1 is 0.373 bits per heavy atom. The number of fused-ring (bicyclic) bond motifs is 11. The van der Waals surface area contributed by atoms with Crippen LogP contribution < -0.4 is 0 Å². The molecule has 10 rings (SSSR count). The summed E-state index contributed by atoms with van der Waals surface area (Å²) in [5.41, 5.74) is 18.7. The first-order chi connectivity index (χ1) is 28.0. The highest BCUT2D eigenvalue weighted by Crippen LogP contribution is 2.64. The lowest BCUT2D eigenvalue weighted by molar-refractivity contribution is 0.332. The smallest absolute Gasteiger partial charge is 0.164 e. The molecule has 1 heterocycles. The van der Waals surface area contributed by atoms with E-state index in [9.17, 15) is 0 Å². The van der Waals surface area contributed by atoms with Crippen molar-refractivity contribution in [2.24, 2.45) is 0 Å². The molecule has 0 fully saturated rings. The number of hydrogen-bond acceptors (Lipinski definition) is 3. The second-order valence-electron chi connectivity index (χ2n) is 20.8. The summed E-state index contributed by atoms with van der Waals surface area (Å²) in [7, 11) is 0. The fraction of sp³-hybridized carbons (Fsp3) is 0.304. The van der Waals surface area contributed by atoms with E-state index in [-0.39, 0.29) is 21.7 Å². The third kappa shape index (κ3) is 5.71. The summed E-state index contributed by atoms with van der Waals surface area (Å²) < 4.78 is 0. The number of aromatic nitrogens is 3. The molecule has 0 amide bonds. The lowest BCUT2D eigenvalue weighted by Gasteiger charge is -2.42. The molecule has 0 aliphatic heterocycles. The van der Waals surface area contributed by atoms with Gasteiger partial charge in [0.2, 0.25) is 0 Å². The van der Waals surface area contributed by atoms with Crippen LogP contribution in [0.15, 0.2) is 127 Å². The minimum atomic E-state index is -0.510. The Labute approximate surface area is 351 Å². The van der Waals surface area contributed by atoms with Crippen molar-refractivity contribution in [3.8, 4) is 56.4 Å². The molecule has 0 bridgehead atoms. The molecule has 59 heavy (non-hydrogen) atoms. The Morgan fingerprint density at radius 2 is 0.797 bits per heavy atom. The monoisotopic (exact) mass is 769 g/mol. The average molecular weight is 770 g/mol. The summed E-state index contributed by atoms with van der Waals surface area (Å²) in [5, 5.41) is 0. The van der Waals surface area contributed by atoms with Gasteiger partial charge in [-0.3, -0.25) is 0 Å². The molecular formula is C56H55N3. The van der Waals surface area contributed by atoms with Crippen LogP contribution in [0.25, 0.3) is 56.4 Å². The Balaban J connectivity index is 1.24. The van der Waals surface area contributed by atoms with Crippen LogP contribution in [0.5, 0.6) is 0 Å². The SMILES string of the molecule is CC(C)(C)c1ccc2c(c1)C1(c3ccccc3-c3ccc(-c4nc(-c5ccccc5)nc(-c5ccc6c(c5)C(C)(C)CCC6(C)C)n4)cc31)c1cc(C(C)(C)C)ccc1-2. The predicted molar refractivity (Wildman–Crippen MR) is 245 cm³/mol. The molecule has 0 saturated heterocycles. The summed E-state index contributed by atoms with van der Waals surface area (Å²) >= 11 is 0. The molecule has 0 unspecified atom stereocenters. The Kier molecular flexibility index (Phi) is 8.07. The minimum Gasteiger partial charge on any atom is -0.208 e. The summed E-state index contributed by atoms with van der Waals surface area (Å²) in [6, 6.07) is 47.8. The lowest BCUT2D eigenvalue weighted by atomic mass is 9.63. The Bertz CT molecular complexity index is 2780. The van der Waals surface area contributed by atoms with Crippen molar-refractivity contribution >= 4 is 0 Å². The van der Waals surface area contributed by atoms with Gasteiger partial charge in [-0.25, -0.2) is 15.0 Å². The summed E-state index contributed by atoms with van der Waals surface area (Å²) in [6.45, 7) is 23.5. The zero-order valence-electron chi connectivity index (χ0n) is 36.4. The molecule has 0 radical (unpaired) electrons. The van der Waals surface area contributed by atoms with Crippen molar-refractivity contribution in [2.45, 2.75) is 109 Å². The maximum atomic E-state index is 5.38. The summed E-state index contributed by atoms with van der Waals surface area (Å²) in [5.74, 6) is 2.07. The molecule has 0 N–H and O–H groups in total. The van der Waals surface area contributed by atoms with Gasteiger partial charge in [-0.1, -0.05) is 184 Å². The number of rotatable bonds is 3. The van der Waals surface area contributed by atoms with Gasteiger partial charge in [0.15, 0.2) is 17.5 Å². The van der Waals surface area contributed by atoms with Gasteiger partial charge in [0.05, 0.1) is 5.41 Å². The van der Waals surface area contributed by atoms with Crippen LogP contribution in [0.1, 0.15) is 127 Å². The lowest BCUT2D eigenvalue weighted by Crippen LogP contribution is -2.33. The van der Waals surface area contributed by atoms with E-state index in [1.165, 1.54) is 73.2 Å². The van der Waals surface area contributed by atoms with Crippen molar-refractivity contribution in [1.82, 2.24) is 15.0 Å². The molecular weight excluding hydrogens is 715 g/mol. The first kappa shape index (κ1) is 37.6. The molecule has 3 aliphatic rings. The quantitative estimate of drug-likeness (QED) is 0.180. The largest absolute Gasteiger partial charge is 0.208 e. The molecule has 3 nitrogen and oxygen atoms in total. The molecule has 1 aromatic heterocycles. The van der Waals surface area contributed by atoms with Gasteiger partial charge in [-0.05, 0) is 113 Å². The van der Waals surface area contributed by atoms with E-state index in [1.807, 2.05) is 6.07 Å². The van der Waals surface area contributed by atoms with E-state index >= 15 is 0 Å². The van der Waals surface area contributed by atoms with Crippen LogP contribution in [-0.4, -0.2) is 15.0 Å². The van der Waals surface area contributed by atoms with Gasteiger partial charge in [-0.2, -0.15) is 0 Å². The number of nitrogens with zero attached hydrogens (tertiary/aromatic N) is 3. The fourth-order valence-corrected chi connectivity index (χ4v) is 10.3. The second kappa shape index (κ2) is 12.7. The van der Waals surface area contributed by atoms with Gasteiger partial charge >= 0.3 is 0 Å². The summed E-state index contributed by atoms with van der Waals surface area (Å²) in [4.78, 5) is 15.9. The average Bonchev–Trinajstić information content (AvgIpc) is 3.68. The first-order valence-electron chi connectivity index (χ1n) is 21.5. The highest BCUT2D eigenvalue weighted by Gasteiger charge is 2.52. The summed E-state index contributed by atoms with van der Waals surface area (Å²) in [6.07, 6.45) is 2.32. The number of benzene rings is 6. The fourth-order valence-electron chi connectivity index (χ4n) is 10.3. The van der Waals surface area contributed by atoms with E-state index < -0.39 is 5.41 Å². The number of hydrogen-bond donors (Lipinski definition) is 0. The Hall–Kier alpha value is -5.67. The van der Waals surface area contributed by atoms with E-state index in [4.69, 9.17) is 15.0 Å². The van der Waals surface area contributed by atoms with Crippen LogP contribution in [-0.2, 0) is 27.1 Å². The van der Waals surface area contributed by atoms with E-state index in [1.54, 1.807) is 0 Å². The molecule has 0 saturated carbocycles. The van der Waals surface area contributed by atoms with Crippen molar-refractivity contribution in [3.63, 3.8) is 0 Å². The third-order valence-corrected chi connectivity index (χ3v) is 14.0. The van der Waals surface area contributed by atoms with Crippen LogP contribution in [0.3, 0.4) is 0 Å². The van der Waals surface area contributed by atoms with E-state index in [0.29, 0.717) is 17.5 Å². The predicted octanol–water partition coefficient (Wildman–Crippen LogP) is 14.2. The molecule has 0 atom stereocenters. The van der Waals surface area contributed by atoms with E-state index in [0.717, 1.165) is 23.1 Å². The highest BCUT2D eigenvalue weighted by atomic mass is 15.0. The van der Waals surface area contributed by atoms with Gasteiger partial charge in [-0.15, -0.1) is 0 Å². The minimum absolute atomic E-state index is 0.0128. The van der Waals surface area contributed by atoms with Gasteiger partial charge < -0.3 is 0 Å². The van der Waals surface area contributed by atoms with Gasteiger partial charge in [0, 0.05) is 16.7 Å². The normalized spacial score (nSPS) is 16.6. The molecule has 3 aliphatic carbocycles. The second-order valence-corrected chi connectivity index (χ2v) is 20.8. The molecule has 294 valence electrons. The molecule has 3 heteroatoms. The van der Waals surface area contributed by atoms with E-state index in [2.05, 4.69) is 191 Å². The van der Waals surface area contributed by atoms with Crippen LogP contribution in [0.2, 0.25) is 0 Å². The van der Waals surface area contributed by atoms with Crippen molar-refractivity contribution in [2.75, 3.05) is 0 Å². The topological polar surface area (TPSA) is 38.7 Å². The highest BCUT2D eigenvalue weighted by molar-refractivity contribution is 5.96. The van der Waals surface area contributed by atoms with Gasteiger partial charge in [0.25, 0.3) is 0 Å². The third-order valence-electron chi connectivity index (χ3n) is 14.0. The van der Waals surface area contributed by atoms with Crippen LogP contribution >= 0.6 is 0 Å². The maximum absolute atomic E-state index is 5.38. The Morgan fingerprint density at radius 3 is 1.36 bits per heavy atom. The molecule has 6 aromatic carbocycles. The van der Waals surface area contributed by atoms with Crippen molar-refractivity contribution in [3.05, 3.63) is 172 Å². The van der Waals surface area contributed by atoms with Crippen LogP contribution in [0, 0.1) is 0 Å². The standard InChI is InChI=1S/C56H55N3/c1-52(2,3)37-22-25-41-42-26-23-38(53(4,5)6)33-47(42)56(46(41)32-37)43-19-15-14-18-39(43)40-24-20-35(30-45(40)56)50-57-49(34-16-12-11-13-17-34)58-51(59-50)36-21-27-44-48(31-36)55(9,10)29-28-54(44,7)8/h11-27,30-33H,28-29H2,1-10H3. The van der Waals surface area contributed by atoms with Crippen molar-refractivity contribution < 1.29 is 0 Å².